The first-order valence-electron chi connectivity index (χ1n) is 10.8. The average Bonchev–Trinajstić information content (AvgIpc) is 3.28. The van der Waals surface area contributed by atoms with Gasteiger partial charge in [-0.25, -0.2) is 0 Å². The molecule has 1 aromatic heterocycles. The molecular formula is C27H25Cl2N3OS. The van der Waals surface area contributed by atoms with Crippen molar-refractivity contribution >= 4 is 46.2 Å². The van der Waals surface area contributed by atoms with Crippen molar-refractivity contribution in [2.24, 2.45) is 0 Å². The average molecular weight is 510 g/mol. The summed E-state index contributed by atoms with van der Waals surface area (Å²) in [6, 6.07) is 27.8. The lowest BCUT2D eigenvalue weighted by Crippen LogP contribution is -2.34. The van der Waals surface area contributed by atoms with E-state index >= 15 is 0 Å². The van der Waals surface area contributed by atoms with Crippen LogP contribution in [0.2, 0.25) is 10.0 Å². The number of halogens is 2. The zero-order valence-electron chi connectivity index (χ0n) is 18.7. The van der Waals surface area contributed by atoms with Gasteiger partial charge in [0, 0.05) is 41.1 Å². The van der Waals surface area contributed by atoms with Crippen LogP contribution in [0.4, 0.5) is 5.69 Å². The lowest BCUT2D eigenvalue weighted by Gasteiger charge is -2.27. The predicted molar refractivity (Wildman–Crippen MR) is 145 cm³/mol. The molecule has 174 valence electrons. The predicted octanol–water partition coefficient (Wildman–Crippen LogP) is 7.25. The van der Waals surface area contributed by atoms with Gasteiger partial charge in [0.05, 0.1) is 19.3 Å². The van der Waals surface area contributed by atoms with Gasteiger partial charge < -0.3 is 19.5 Å². The highest BCUT2D eigenvalue weighted by Gasteiger charge is 2.16. The Labute approximate surface area is 215 Å². The van der Waals surface area contributed by atoms with Gasteiger partial charge in [-0.05, 0) is 53.7 Å². The van der Waals surface area contributed by atoms with Gasteiger partial charge in [0.2, 0.25) is 0 Å². The van der Waals surface area contributed by atoms with Crippen molar-refractivity contribution in [3.05, 3.63) is 118 Å². The Kier molecular flexibility index (Phi) is 8.12. The fourth-order valence-electron chi connectivity index (χ4n) is 3.72. The van der Waals surface area contributed by atoms with Crippen LogP contribution in [0.3, 0.4) is 0 Å². The largest absolute Gasteiger partial charge is 0.495 e. The Morgan fingerprint density at radius 2 is 1.71 bits per heavy atom. The Morgan fingerprint density at radius 3 is 2.47 bits per heavy atom. The Bertz CT molecular complexity index is 1260. The number of nitrogens with one attached hydrogen (secondary N) is 1. The lowest BCUT2D eigenvalue weighted by molar-refractivity contribution is 0.398. The zero-order valence-corrected chi connectivity index (χ0v) is 21.1. The van der Waals surface area contributed by atoms with Crippen molar-refractivity contribution in [2.45, 2.75) is 19.6 Å². The Hall–Kier alpha value is -2.99. The maximum Gasteiger partial charge on any atom is 0.174 e. The summed E-state index contributed by atoms with van der Waals surface area (Å²) in [6.07, 6.45) is 2.07. The van der Waals surface area contributed by atoms with Crippen LogP contribution in [0.15, 0.2) is 91.1 Å². The van der Waals surface area contributed by atoms with Crippen LogP contribution in [-0.2, 0) is 19.6 Å². The van der Waals surface area contributed by atoms with E-state index in [9.17, 15) is 0 Å². The Balaban J connectivity index is 1.58. The van der Waals surface area contributed by atoms with Crippen LogP contribution in [-0.4, -0.2) is 21.7 Å². The third-order valence-electron chi connectivity index (χ3n) is 5.48. The highest BCUT2D eigenvalue weighted by atomic mass is 35.5. The summed E-state index contributed by atoms with van der Waals surface area (Å²) < 4.78 is 7.69. The standard InChI is InChI=1S/C27H25Cl2N3OS/c1-33-26-16-22(28)13-14-25(26)30-27(34)32(17-20-8-3-2-4-9-20)19-23-11-7-15-31(23)18-21-10-5-6-12-24(21)29/h2-16H,17-19H2,1H3,(H,30,34). The van der Waals surface area contributed by atoms with Gasteiger partial charge in [-0.3, -0.25) is 0 Å². The van der Waals surface area contributed by atoms with Crippen molar-refractivity contribution < 1.29 is 4.74 Å². The van der Waals surface area contributed by atoms with Gasteiger partial charge in [-0.1, -0.05) is 71.7 Å². The van der Waals surface area contributed by atoms with E-state index in [1.165, 1.54) is 5.56 Å². The van der Waals surface area contributed by atoms with E-state index in [4.69, 9.17) is 40.2 Å². The van der Waals surface area contributed by atoms with Crippen LogP contribution >= 0.6 is 35.4 Å². The highest BCUT2D eigenvalue weighted by Crippen LogP contribution is 2.28. The van der Waals surface area contributed by atoms with Gasteiger partial charge in [-0.15, -0.1) is 0 Å². The third kappa shape index (κ3) is 6.11. The molecule has 0 aliphatic rings. The lowest BCUT2D eigenvalue weighted by atomic mass is 10.2. The van der Waals surface area contributed by atoms with Crippen molar-refractivity contribution in [3.63, 3.8) is 0 Å². The van der Waals surface area contributed by atoms with Crippen LogP contribution in [0.1, 0.15) is 16.8 Å². The van der Waals surface area contributed by atoms with Crippen molar-refractivity contribution in [1.82, 2.24) is 9.47 Å². The maximum atomic E-state index is 6.41. The number of nitrogens with zero attached hydrogens (tertiary/aromatic N) is 2. The summed E-state index contributed by atoms with van der Waals surface area (Å²) in [5.41, 5.74) is 4.13. The molecule has 0 saturated heterocycles. The van der Waals surface area contributed by atoms with Crippen LogP contribution in [0.5, 0.6) is 5.75 Å². The molecule has 7 heteroatoms. The first kappa shape index (κ1) is 24.1. The van der Waals surface area contributed by atoms with E-state index in [-0.39, 0.29) is 0 Å². The molecule has 3 aromatic carbocycles. The number of methoxy groups -OCH3 is 1. The number of rotatable bonds is 8. The summed E-state index contributed by atoms with van der Waals surface area (Å²) in [6.45, 7) is 1.96. The van der Waals surface area contributed by atoms with E-state index in [1.807, 2.05) is 60.7 Å². The van der Waals surface area contributed by atoms with Crippen molar-refractivity contribution in [3.8, 4) is 5.75 Å². The molecule has 0 bridgehead atoms. The molecule has 1 N–H and O–H groups in total. The van der Waals surface area contributed by atoms with Crippen molar-refractivity contribution in [1.29, 1.82) is 0 Å². The summed E-state index contributed by atoms with van der Waals surface area (Å²) in [7, 11) is 1.61. The zero-order chi connectivity index (χ0) is 23.9. The molecule has 34 heavy (non-hydrogen) atoms. The first-order valence-corrected chi connectivity index (χ1v) is 12.0. The molecule has 0 atom stereocenters. The van der Waals surface area contributed by atoms with Gasteiger partial charge in [0.25, 0.3) is 0 Å². The van der Waals surface area contributed by atoms with E-state index < -0.39 is 0 Å². The van der Waals surface area contributed by atoms with Gasteiger partial charge in [0.1, 0.15) is 5.75 Å². The minimum atomic E-state index is 0.593. The van der Waals surface area contributed by atoms with Crippen LogP contribution < -0.4 is 10.1 Å². The minimum absolute atomic E-state index is 0.593. The maximum absolute atomic E-state index is 6.41. The second kappa shape index (κ2) is 11.4. The molecule has 0 saturated carbocycles. The second-order valence-electron chi connectivity index (χ2n) is 7.84. The molecule has 0 aliphatic heterocycles. The summed E-state index contributed by atoms with van der Waals surface area (Å²) in [4.78, 5) is 2.14. The number of hydrogen-bond donors (Lipinski definition) is 1. The summed E-state index contributed by atoms with van der Waals surface area (Å²) >= 11 is 18.4. The van der Waals surface area contributed by atoms with Gasteiger partial charge in [-0.2, -0.15) is 0 Å². The highest BCUT2D eigenvalue weighted by molar-refractivity contribution is 7.80. The molecule has 0 unspecified atom stereocenters. The number of ether oxygens (including phenoxy) is 1. The van der Waals surface area contributed by atoms with Gasteiger partial charge in [0.15, 0.2) is 5.11 Å². The minimum Gasteiger partial charge on any atom is -0.495 e. The third-order valence-corrected chi connectivity index (χ3v) is 6.45. The quantitative estimate of drug-likeness (QED) is 0.253. The molecule has 4 aromatic rings. The topological polar surface area (TPSA) is 29.4 Å². The molecule has 0 fully saturated rings. The van der Waals surface area contributed by atoms with E-state index in [1.54, 1.807) is 13.2 Å². The number of benzene rings is 3. The molecule has 4 nitrogen and oxygen atoms in total. The SMILES string of the molecule is COc1cc(Cl)ccc1NC(=S)N(Cc1ccccc1)Cc1cccn1Cc1ccccc1Cl. The second-order valence-corrected chi connectivity index (χ2v) is 9.07. The summed E-state index contributed by atoms with van der Waals surface area (Å²) in [5.74, 6) is 0.636. The number of thiocarbonyl (C=S) groups is 1. The fourth-order valence-corrected chi connectivity index (χ4v) is 4.32. The molecule has 4 rings (SSSR count). The molecule has 0 amide bonds. The van der Waals surface area contributed by atoms with E-state index in [0.717, 1.165) is 22.0 Å². The summed E-state index contributed by atoms with van der Waals surface area (Å²) in [5, 5.41) is 5.30. The van der Waals surface area contributed by atoms with Crippen molar-refractivity contribution in [2.75, 3.05) is 12.4 Å². The first-order chi connectivity index (χ1) is 16.5. The van der Waals surface area contributed by atoms with E-state index in [0.29, 0.717) is 35.5 Å². The van der Waals surface area contributed by atoms with Gasteiger partial charge >= 0.3 is 0 Å². The van der Waals surface area contributed by atoms with Crippen LogP contribution in [0.25, 0.3) is 0 Å². The number of aromatic nitrogens is 1. The normalized spacial score (nSPS) is 10.7. The monoisotopic (exact) mass is 509 g/mol. The molecule has 1 heterocycles. The molecular weight excluding hydrogens is 485 g/mol. The Morgan fingerprint density at radius 1 is 0.941 bits per heavy atom. The smallest absolute Gasteiger partial charge is 0.174 e. The number of anilines is 1. The number of hydrogen-bond acceptors (Lipinski definition) is 2. The molecule has 0 spiro atoms. The fraction of sp³-hybridized carbons (Fsp3) is 0.148. The van der Waals surface area contributed by atoms with Crippen LogP contribution in [0, 0.1) is 0 Å². The molecule has 0 radical (unpaired) electrons. The molecule has 0 aliphatic carbocycles. The van der Waals surface area contributed by atoms with E-state index in [2.05, 4.69) is 39.2 Å².